The lowest BCUT2D eigenvalue weighted by Gasteiger charge is -2.25. The summed E-state index contributed by atoms with van der Waals surface area (Å²) in [5, 5.41) is 3.59. The van der Waals surface area contributed by atoms with E-state index in [9.17, 15) is 0 Å². The van der Waals surface area contributed by atoms with Gasteiger partial charge >= 0.3 is 0 Å². The molecular weight excluding hydrogens is 204 g/mol. The van der Waals surface area contributed by atoms with E-state index in [1.807, 2.05) is 11.8 Å². The van der Waals surface area contributed by atoms with Gasteiger partial charge in [0.15, 0.2) is 0 Å². The van der Waals surface area contributed by atoms with Crippen LogP contribution in [0.3, 0.4) is 0 Å². The van der Waals surface area contributed by atoms with Crippen LogP contribution < -0.4 is 5.32 Å². The van der Waals surface area contributed by atoms with Crippen LogP contribution in [-0.4, -0.2) is 49.1 Å². The lowest BCUT2D eigenvalue weighted by atomic mass is 10.2. The molecule has 15 heavy (non-hydrogen) atoms. The second-order valence-electron chi connectivity index (χ2n) is 4.44. The van der Waals surface area contributed by atoms with Gasteiger partial charge in [0, 0.05) is 12.6 Å². The fourth-order valence-corrected chi connectivity index (χ4v) is 2.69. The van der Waals surface area contributed by atoms with E-state index in [0.717, 1.165) is 6.04 Å². The first kappa shape index (κ1) is 13.3. The van der Waals surface area contributed by atoms with Crippen molar-refractivity contribution in [1.29, 1.82) is 0 Å². The minimum absolute atomic E-state index is 0.769. The van der Waals surface area contributed by atoms with Crippen LogP contribution in [0.5, 0.6) is 0 Å². The SMILES string of the molecule is CCCN(CCCSC)CC1CCCN1. The largest absolute Gasteiger partial charge is 0.313 e. The van der Waals surface area contributed by atoms with Crippen molar-refractivity contribution in [2.24, 2.45) is 0 Å². The van der Waals surface area contributed by atoms with E-state index < -0.39 is 0 Å². The van der Waals surface area contributed by atoms with Gasteiger partial charge in [-0.3, -0.25) is 0 Å². The smallest absolute Gasteiger partial charge is 0.0195 e. The van der Waals surface area contributed by atoms with Gasteiger partial charge in [0.25, 0.3) is 0 Å². The Hall–Kier alpha value is 0.270. The number of thioether (sulfide) groups is 1. The van der Waals surface area contributed by atoms with E-state index in [-0.39, 0.29) is 0 Å². The van der Waals surface area contributed by atoms with Crippen LogP contribution >= 0.6 is 11.8 Å². The number of hydrogen-bond donors (Lipinski definition) is 1. The molecule has 0 spiro atoms. The number of hydrogen-bond acceptors (Lipinski definition) is 3. The summed E-state index contributed by atoms with van der Waals surface area (Å²) < 4.78 is 0. The molecule has 0 amide bonds. The van der Waals surface area contributed by atoms with Gasteiger partial charge in [-0.15, -0.1) is 0 Å². The Labute approximate surface area is 99.2 Å². The molecule has 0 aromatic carbocycles. The van der Waals surface area contributed by atoms with E-state index in [1.165, 1.54) is 57.6 Å². The van der Waals surface area contributed by atoms with E-state index in [1.54, 1.807) is 0 Å². The molecule has 1 unspecified atom stereocenters. The summed E-state index contributed by atoms with van der Waals surface area (Å²) in [6.07, 6.45) is 7.57. The van der Waals surface area contributed by atoms with E-state index in [4.69, 9.17) is 0 Å². The monoisotopic (exact) mass is 230 g/mol. The zero-order valence-electron chi connectivity index (χ0n) is 10.3. The maximum atomic E-state index is 3.59. The molecule has 1 aliphatic heterocycles. The van der Waals surface area contributed by atoms with Crippen LogP contribution in [0.25, 0.3) is 0 Å². The third-order valence-electron chi connectivity index (χ3n) is 3.00. The summed E-state index contributed by atoms with van der Waals surface area (Å²) in [5.74, 6) is 1.30. The highest BCUT2D eigenvalue weighted by atomic mass is 32.2. The Morgan fingerprint density at radius 1 is 1.40 bits per heavy atom. The summed E-state index contributed by atoms with van der Waals surface area (Å²) in [4.78, 5) is 2.64. The second kappa shape index (κ2) is 8.43. The lowest BCUT2D eigenvalue weighted by molar-refractivity contribution is 0.250. The maximum absolute atomic E-state index is 3.59. The molecule has 0 aromatic heterocycles. The first-order valence-electron chi connectivity index (χ1n) is 6.31. The van der Waals surface area contributed by atoms with Crippen molar-refractivity contribution in [2.45, 2.75) is 38.6 Å². The summed E-state index contributed by atoms with van der Waals surface area (Å²) in [6, 6.07) is 0.769. The summed E-state index contributed by atoms with van der Waals surface area (Å²) in [7, 11) is 0. The van der Waals surface area contributed by atoms with Crippen molar-refractivity contribution in [3.8, 4) is 0 Å². The Kier molecular flexibility index (Phi) is 7.49. The number of nitrogens with zero attached hydrogens (tertiary/aromatic N) is 1. The highest BCUT2D eigenvalue weighted by Crippen LogP contribution is 2.08. The summed E-state index contributed by atoms with van der Waals surface area (Å²) in [5.41, 5.74) is 0. The molecule has 1 atom stereocenters. The van der Waals surface area contributed by atoms with Crippen LogP contribution in [0, 0.1) is 0 Å². The van der Waals surface area contributed by atoms with Gasteiger partial charge in [-0.1, -0.05) is 6.92 Å². The fraction of sp³-hybridized carbons (Fsp3) is 1.00. The van der Waals surface area contributed by atoms with Crippen molar-refractivity contribution < 1.29 is 0 Å². The Morgan fingerprint density at radius 2 is 2.27 bits per heavy atom. The van der Waals surface area contributed by atoms with E-state index in [0.29, 0.717) is 0 Å². The molecule has 1 N–H and O–H groups in total. The number of rotatable bonds is 8. The average molecular weight is 230 g/mol. The first-order valence-corrected chi connectivity index (χ1v) is 7.71. The van der Waals surface area contributed by atoms with Crippen molar-refractivity contribution >= 4 is 11.8 Å². The van der Waals surface area contributed by atoms with Crippen molar-refractivity contribution in [3.05, 3.63) is 0 Å². The Balaban J connectivity index is 2.16. The minimum atomic E-state index is 0.769. The van der Waals surface area contributed by atoms with Crippen LogP contribution in [-0.2, 0) is 0 Å². The Bertz CT molecular complexity index is 147. The molecule has 0 bridgehead atoms. The molecular formula is C12H26N2S. The average Bonchev–Trinajstić information content (AvgIpc) is 2.71. The van der Waals surface area contributed by atoms with Gasteiger partial charge < -0.3 is 10.2 Å². The Morgan fingerprint density at radius 3 is 2.87 bits per heavy atom. The van der Waals surface area contributed by atoms with Crippen molar-refractivity contribution in [3.63, 3.8) is 0 Å². The van der Waals surface area contributed by atoms with Gasteiger partial charge in [-0.25, -0.2) is 0 Å². The van der Waals surface area contributed by atoms with Gasteiger partial charge in [-0.2, -0.15) is 11.8 Å². The predicted octanol–water partition coefficient (Wildman–Crippen LogP) is 2.20. The van der Waals surface area contributed by atoms with Crippen LogP contribution in [0.2, 0.25) is 0 Å². The molecule has 3 heteroatoms. The molecule has 2 nitrogen and oxygen atoms in total. The summed E-state index contributed by atoms with van der Waals surface area (Å²) in [6.45, 7) is 7.33. The zero-order chi connectivity index (χ0) is 10.9. The standard InChI is InChI=1S/C12H26N2S/c1-3-8-14(9-5-10-15-2)11-12-6-4-7-13-12/h12-13H,3-11H2,1-2H3. The van der Waals surface area contributed by atoms with Crippen LogP contribution in [0.15, 0.2) is 0 Å². The van der Waals surface area contributed by atoms with Crippen LogP contribution in [0.4, 0.5) is 0 Å². The normalized spacial score (nSPS) is 21.4. The first-order chi connectivity index (χ1) is 7.36. The molecule has 0 saturated carbocycles. The maximum Gasteiger partial charge on any atom is 0.0195 e. The molecule has 0 radical (unpaired) electrons. The highest BCUT2D eigenvalue weighted by molar-refractivity contribution is 7.98. The van der Waals surface area contributed by atoms with Gasteiger partial charge in [-0.05, 0) is 57.3 Å². The van der Waals surface area contributed by atoms with Gasteiger partial charge in [0.1, 0.15) is 0 Å². The molecule has 1 aliphatic rings. The van der Waals surface area contributed by atoms with Gasteiger partial charge in [0.2, 0.25) is 0 Å². The quantitative estimate of drug-likeness (QED) is 0.644. The molecule has 0 aliphatic carbocycles. The van der Waals surface area contributed by atoms with Crippen molar-refractivity contribution in [1.82, 2.24) is 10.2 Å². The van der Waals surface area contributed by atoms with Crippen molar-refractivity contribution in [2.75, 3.05) is 38.2 Å². The lowest BCUT2D eigenvalue weighted by Crippen LogP contribution is -2.38. The second-order valence-corrected chi connectivity index (χ2v) is 5.43. The van der Waals surface area contributed by atoms with E-state index in [2.05, 4.69) is 23.4 Å². The topological polar surface area (TPSA) is 15.3 Å². The zero-order valence-corrected chi connectivity index (χ0v) is 11.1. The van der Waals surface area contributed by atoms with E-state index >= 15 is 0 Å². The fourth-order valence-electron chi connectivity index (χ4n) is 2.27. The summed E-state index contributed by atoms with van der Waals surface area (Å²) >= 11 is 1.96. The van der Waals surface area contributed by atoms with Crippen LogP contribution in [0.1, 0.15) is 32.6 Å². The third-order valence-corrected chi connectivity index (χ3v) is 3.70. The highest BCUT2D eigenvalue weighted by Gasteiger charge is 2.16. The molecule has 90 valence electrons. The van der Waals surface area contributed by atoms with Gasteiger partial charge in [0.05, 0.1) is 0 Å². The molecule has 1 fully saturated rings. The molecule has 0 aromatic rings. The minimum Gasteiger partial charge on any atom is -0.313 e. The predicted molar refractivity (Wildman–Crippen MR) is 70.8 cm³/mol. The molecule has 1 heterocycles. The molecule has 1 rings (SSSR count). The number of nitrogens with one attached hydrogen (secondary N) is 1. The molecule has 1 saturated heterocycles. The third kappa shape index (κ3) is 5.79.